The number of hydroxylamine groups is 1. The van der Waals surface area contributed by atoms with Crippen LogP contribution in [0.15, 0.2) is 48.5 Å². The van der Waals surface area contributed by atoms with Crippen molar-refractivity contribution in [1.82, 2.24) is 16.1 Å². The molecule has 0 heterocycles. The average Bonchev–Trinajstić information content (AvgIpc) is 2.80. The Morgan fingerprint density at radius 2 is 1.59 bits per heavy atom. The van der Waals surface area contributed by atoms with Gasteiger partial charge in [-0.15, -0.1) is 0 Å². The molecule has 10 nitrogen and oxygen atoms in total. The van der Waals surface area contributed by atoms with Gasteiger partial charge in [0.2, 0.25) is 5.91 Å². The first-order valence-electron chi connectivity index (χ1n) is 9.98. The third-order valence-electron chi connectivity index (χ3n) is 4.58. The highest BCUT2D eigenvalue weighted by Crippen LogP contribution is 2.22. The average molecular weight is 444 g/mol. The van der Waals surface area contributed by atoms with Crippen molar-refractivity contribution in [3.8, 4) is 11.1 Å². The van der Waals surface area contributed by atoms with Crippen molar-refractivity contribution in [1.29, 1.82) is 0 Å². The van der Waals surface area contributed by atoms with Crippen molar-refractivity contribution in [2.24, 2.45) is 0 Å². The van der Waals surface area contributed by atoms with Gasteiger partial charge < -0.3 is 25.8 Å². The van der Waals surface area contributed by atoms with E-state index in [2.05, 4.69) is 16.0 Å². The minimum atomic E-state index is -1.29. The van der Waals surface area contributed by atoms with Crippen LogP contribution in [0.5, 0.6) is 0 Å². The minimum Gasteiger partial charge on any atom is -0.391 e. The molecule has 0 aliphatic rings. The fraction of sp³-hybridized carbons (Fsp3) is 0.318. The molecule has 0 aliphatic carbocycles. The zero-order valence-corrected chi connectivity index (χ0v) is 17.9. The summed E-state index contributed by atoms with van der Waals surface area (Å²) < 4.78 is 4.91. The molecule has 0 radical (unpaired) electrons. The zero-order chi connectivity index (χ0) is 23.5. The number of rotatable bonds is 11. The first-order chi connectivity index (χ1) is 15.3. The summed E-state index contributed by atoms with van der Waals surface area (Å²) in [5.74, 6) is -1.64. The summed E-state index contributed by atoms with van der Waals surface area (Å²) in [7, 11) is 1.59. The van der Waals surface area contributed by atoms with Crippen LogP contribution in [-0.4, -0.2) is 67.0 Å². The smallest absolute Gasteiger partial charge is 0.268 e. The SMILES string of the molecule is COCCNCC(=O)Nc1ccc(-c2ccc(C(=O)N[C@H](C(=O)NO)[C@@H](C)O)cc2)cc1. The molecule has 32 heavy (non-hydrogen) atoms. The molecule has 0 fully saturated rings. The lowest BCUT2D eigenvalue weighted by Gasteiger charge is -2.19. The van der Waals surface area contributed by atoms with Gasteiger partial charge in [0.05, 0.1) is 19.3 Å². The number of aliphatic hydroxyl groups excluding tert-OH is 1. The lowest BCUT2D eigenvalue weighted by atomic mass is 10.0. The number of hydrogen-bond donors (Lipinski definition) is 6. The molecule has 2 aromatic rings. The Kier molecular flexibility index (Phi) is 9.76. The number of carbonyl (C=O) groups excluding carboxylic acids is 3. The maximum Gasteiger partial charge on any atom is 0.268 e. The standard InChI is InChI=1S/C22H28N4O6/c1-14(27)20(22(30)26-31)25-21(29)17-5-3-15(4-6-17)16-7-9-18(10-8-16)24-19(28)13-23-11-12-32-2/h3-10,14,20,23,27,31H,11-13H2,1-2H3,(H,24,28)(H,25,29)(H,26,30)/t14-,20+/m1/s1. The summed E-state index contributed by atoms with van der Waals surface area (Å²) in [5.41, 5.74) is 4.10. The second-order valence-electron chi connectivity index (χ2n) is 7.04. The maximum atomic E-state index is 12.4. The lowest BCUT2D eigenvalue weighted by Crippen LogP contribution is -2.51. The Morgan fingerprint density at radius 1 is 1.00 bits per heavy atom. The van der Waals surface area contributed by atoms with Gasteiger partial charge in [-0.2, -0.15) is 0 Å². The molecule has 0 aliphatic heterocycles. The first-order valence-corrected chi connectivity index (χ1v) is 9.98. The Bertz CT molecular complexity index is 900. The second-order valence-corrected chi connectivity index (χ2v) is 7.04. The number of aliphatic hydroxyl groups is 1. The highest BCUT2D eigenvalue weighted by atomic mass is 16.5. The normalized spacial score (nSPS) is 12.5. The van der Waals surface area contributed by atoms with E-state index in [1.807, 2.05) is 12.1 Å². The first kappa shape index (κ1) is 25.0. The maximum absolute atomic E-state index is 12.4. The van der Waals surface area contributed by atoms with Gasteiger partial charge in [-0.3, -0.25) is 19.6 Å². The van der Waals surface area contributed by atoms with E-state index in [0.717, 1.165) is 11.1 Å². The Morgan fingerprint density at radius 3 is 2.12 bits per heavy atom. The molecule has 2 aromatic carbocycles. The van der Waals surface area contributed by atoms with E-state index < -0.39 is 24.0 Å². The van der Waals surface area contributed by atoms with Gasteiger partial charge in [-0.05, 0) is 42.3 Å². The molecule has 3 amide bonds. The Hall–Kier alpha value is -3.31. The molecule has 10 heteroatoms. The number of ether oxygens (including phenoxy) is 1. The van der Waals surface area contributed by atoms with Crippen LogP contribution < -0.4 is 21.4 Å². The van der Waals surface area contributed by atoms with E-state index >= 15 is 0 Å². The van der Waals surface area contributed by atoms with Crippen LogP contribution >= 0.6 is 0 Å². The van der Waals surface area contributed by atoms with Gasteiger partial charge in [-0.25, -0.2) is 5.48 Å². The quantitative estimate of drug-likeness (QED) is 0.168. The molecule has 0 saturated heterocycles. The third kappa shape index (κ3) is 7.43. The summed E-state index contributed by atoms with van der Waals surface area (Å²) in [6.45, 7) is 2.63. The van der Waals surface area contributed by atoms with Crippen molar-refractivity contribution in [3.63, 3.8) is 0 Å². The van der Waals surface area contributed by atoms with Gasteiger partial charge in [0, 0.05) is 24.9 Å². The monoisotopic (exact) mass is 444 g/mol. The molecule has 0 unspecified atom stereocenters. The van der Waals surface area contributed by atoms with Crippen molar-refractivity contribution >= 4 is 23.4 Å². The number of anilines is 1. The highest BCUT2D eigenvalue weighted by molar-refractivity contribution is 5.98. The van der Waals surface area contributed by atoms with Gasteiger partial charge in [-0.1, -0.05) is 24.3 Å². The van der Waals surface area contributed by atoms with Gasteiger partial charge in [0.1, 0.15) is 6.04 Å². The van der Waals surface area contributed by atoms with Crippen LogP contribution in [0.3, 0.4) is 0 Å². The van der Waals surface area contributed by atoms with E-state index in [0.29, 0.717) is 18.8 Å². The number of nitrogens with one attached hydrogen (secondary N) is 4. The van der Waals surface area contributed by atoms with Crippen LogP contribution in [0.25, 0.3) is 11.1 Å². The van der Waals surface area contributed by atoms with Crippen molar-refractivity contribution in [3.05, 3.63) is 54.1 Å². The summed E-state index contributed by atoms with van der Waals surface area (Å²) in [6.07, 6.45) is -1.19. The lowest BCUT2D eigenvalue weighted by molar-refractivity contribution is -0.133. The molecule has 0 spiro atoms. The number of hydrogen-bond acceptors (Lipinski definition) is 7. The predicted octanol–water partition coefficient (Wildman–Crippen LogP) is 0.513. The summed E-state index contributed by atoms with van der Waals surface area (Å²) in [6, 6.07) is 12.6. The molecular weight excluding hydrogens is 416 g/mol. The number of benzene rings is 2. The predicted molar refractivity (Wildman–Crippen MR) is 118 cm³/mol. The van der Waals surface area contributed by atoms with Crippen molar-refractivity contribution in [2.45, 2.75) is 19.1 Å². The molecular formula is C22H28N4O6. The second kappa shape index (κ2) is 12.5. The fourth-order valence-electron chi connectivity index (χ4n) is 2.84. The van der Waals surface area contributed by atoms with Crippen molar-refractivity contribution in [2.75, 3.05) is 32.1 Å². The summed E-state index contributed by atoms with van der Waals surface area (Å²) in [5, 5.41) is 26.5. The van der Waals surface area contributed by atoms with E-state index in [9.17, 15) is 19.5 Å². The minimum absolute atomic E-state index is 0.158. The van der Waals surface area contributed by atoms with E-state index in [1.54, 1.807) is 43.5 Å². The number of methoxy groups -OCH3 is 1. The van der Waals surface area contributed by atoms with Crippen LogP contribution in [0.4, 0.5) is 5.69 Å². The van der Waals surface area contributed by atoms with Gasteiger partial charge in [0.25, 0.3) is 11.8 Å². The van der Waals surface area contributed by atoms with Gasteiger partial charge >= 0.3 is 0 Å². The van der Waals surface area contributed by atoms with Gasteiger partial charge in [0.15, 0.2) is 0 Å². The van der Waals surface area contributed by atoms with E-state index in [1.165, 1.54) is 12.4 Å². The Labute approximate surface area is 185 Å². The van der Waals surface area contributed by atoms with Crippen molar-refractivity contribution < 1.29 is 29.4 Å². The van der Waals surface area contributed by atoms with Crippen LogP contribution in [0.2, 0.25) is 0 Å². The zero-order valence-electron chi connectivity index (χ0n) is 17.9. The summed E-state index contributed by atoms with van der Waals surface area (Å²) >= 11 is 0. The molecule has 0 aromatic heterocycles. The number of carbonyl (C=O) groups is 3. The molecule has 172 valence electrons. The van der Waals surface area contributed by atoms with E-state index in [4.69, 9.17) is 9.94 Å². The molecule has 0 saturated carbocycles. The Balaban J connectivity index is 1.96. The van der Waals surface area contributed by atoms with Crippen LogP contribution in [-0.2, 0) is 14.3 Å². The van der Waals surface area contributed by atoms with Crippen LogP contribution in [0.1, 0.15) is 17.3 Å². The molecule has 2 rings (SSSR count). The molecule has 2 atom stereocenters. The van der Waals surface area contributed by atoms with Crippen LogP contribution in [0, 0.1) is 0 Å². The molecule has 6 N–H and O–H groups in total. The third-order valence-corrected chi connectivity index (χ3v) is 4.58. The highest BCUT2D eigenvalue weighted by Gasteiger charge is 2.25. The largest absolute Gasteiger partial charge is 0.391 e. The van der Waals surface area contributed by atoms with E-state index in [-0.39, 0.29) is 18.0 Å². The molecule has 0 bridgehead atoms. The topological polar surface area (TPSA) is 149 Å². The fourth-order valence-corrected chi connectivity index (χ4v) is 2.84. The number of amides is 3. The summed E-state index contributed by atoms with van der Waals surface area (Å²) in [4.78, 5) is 35.8.